The summed E-state index contributed by atoms with van der Waals surface area (Å²) < 4.78 is 95.0. The number of carbonyl (C=O) groups is 1. The third-order valence-electron chi connectivity index (χ3n) is 5.36. The Morgan fingerprint density at radius 2 is 1.54 bits per heavy atom. The first-order chi connectivity index (χ1) is 17.2. The number of anilines is 1. The number of benzene rings is 3. The summed E-state index contributed by atoms with van der Waals surface area (Å²) in [6, 6.07) is 14.4. The zero-order chi connectivity index (χ0) is 27.6. The third kappa shape index (κ3) is 5.78. The molecule has 0 aromatic heterocycles. The fraction of sp³-hybridized carbons (Fsp3) is 0.208. The van der Waals surface area contributed by atoms with Crippen molar-refractivity contribution in [1.29, 1.82) is 0 Å². The van der Waals surface area contributed by atoms with Crippen molar-refractivity contribution in [2.75, 3.05) is 5.32 Å². The molecule has 37 heavy (non-hydrogen) atoms. The molecule has 0 bridgehead atoms. The fourth-order valence-corrected chi connectivity index (χ4v) is 7.38. The molecule has 198 valence electrons. The molecule has 0 spiro atoms. The van der Waals surface area contributed by atoms with Crippen LogP contribution >= 0.6 is 11.8 Å². The molecule has 0 saturated carbocycles. The van der Waals surface area contributed by atoms with E-state index in [9.17, 15) is 34.8 Å². The monoisotopic (exact) mass is 572 g/mol. The number of sulfone groups is 2. The number of alkyl halides is 3. The van der Waals surface area contributed by atoms with Crippen LogP contribution in [0.25, 0.3) is 0 Å². The lowest BCUT2D eigenvalue weighted by Crippen LogP contribution is -2.27. The SMILES string of the molecule is CCC(C)Nc1c(S(=O)(=O)c2ccccc2C(N)=O)ccc(Sc2ccccc2)c1S(=O)(=O)C(F)(F)F. The van der Waals surface area contributed by atoms with Gasteiger partial charge in [0, 0.05) is 15.8 Å². The number of hydrogen-bond donors (Lipinski definition) is 2. The summed E-state index contributed by atoms with van der Waals surface area (Å²) in [5.74, 6) is -1.07. The van der Waals surface area contributed by atoms with Gasteiger partial charge in [-0.05, 0) is 49.7 Å². The van der Waals surface area contributed by atoms with Gasteiger partial charge in [0.25, 0.3) is 9.84 Å². The first-order valence-electron chi connectivity index (χ1n) is 10.8. The van der Waals surface area contributed by atoms with E-state index in [1.807, 2.05) is 0 Å². The van der Waals surface area contributed by atoms with Crippen molar-refractivity contribution in [3.63, 3.8) is 0 Å². The standard InChI is InChI=1S/C24H23F3N2O5S3/c1-3-15(2)29-21-20(36(31,32)19-12-8-7-11-17(19)23(28)30)14-13-18(35-16-9-5-4-6-10-16)22(21)37(33,34)24(25,26)27/h4-15,29H,3H2,1-2H3,(H2,28,30). The van der Waals surface area contributed by atoms with E-state index in [0.29, 0.717) is 11.3 Å². The van der Waals surface area contributed by atoms with Gasteiger partial charge in [-0.1, -0.05) is 49.0 Å². The van der Waals surface area contributed by atoms with E-state index in [1.165, 1.54) is 12.1 Å². The van der Waals surface area contributed by atoms with Crippen molar-refractivity contribution in [2.24, 2.45) is 5.73 Å². The Labute approximate surface area is 217 Å². The van der Waals surface area contributed by atoms with Crippen LogP contribution in [0.3, 0.4) is 0 Å². The van der Waals surface area contributed by atoms with Crippen molar-refractivity contribution < 1.29 is 34.8 Å². The summed E-state index contributed by atoms with van der Waals surface area (Å²) in [5, 5.41) is 2.67. The average Bonchev–Trinajstić information content (AvgIpc) is 2.83. The Morgan fingerprint density at radius 1 is 0.946 bits per heavy atom. The molecule has 1 atom stereocenters. The van der Waals surface area contributed by atoms with Crippen LogP contribution in [0.15, 0.2) is 91.2 Å². The molecule has 7 nitrogen and oxygen atoms in total. The lowest BCUT2D eigenvalue weighted by atomic mass is 10.2. The van der Waals surface area contributed by atoms with Gasteiger partial charge >= 0.3 is 5.51 Å². The Morgan fingerprint density at radius 3 is 2.11 bits per heavy atom. The average molecular weight is 573 g/mol. The van der Waals surface area contributed by atoms with Crippen LogP contribution in [-0.2, 0) is 19.7 Å². The molecule has 0 aliphatic carbocycles. The van der Waals surface area contributed by atoms with Gasteiger partial charge in [-0.15, -0.1) is 0 Å². The van der Waals surface area contributed by atoms with Gasteiger partial charge in [0.15, 0.2) is 0 Å². The van der Waals surface area contributed by atoms with Gasteiger partial charge in [-0.2, -0.15) is 13.2 Å². The molecule has 0 radical (unpaired) electrons. The van der Waals surface area contributed by atoms with Gasteiger partial charge in [-0.25, -0.2) is 16.8 Å². The quantitative estimate of drug-likeness (QED) is 0.358. The van der Waals surface area contributed by atoms with Crippen molar-refractivity contribution in [2.45, 2.75) is 56.3 Å². The maximum atomic E-state index is 13.9. The van der Waals surface area contributed by atoms with Gasteiger partial charge in [0.1, 0.15) is 4.90 Å². The highest BCUT2D eigenvalue weighted by Gasteiger charge is 2.50. The topological polar surface area (TPSA) is 123 Å². The number of hydrogen-bond acceptors (Lipinski definition) is 7. The first-order valence-corrected chi connectivity index (χ1v) is 14.6. The molecule has 13 heteroatoms. The number of rotatable bonds is 9. The second kappa shape index (κ2) is 10.8. The number of carbonyl (C=O) groups excluding carboxylic acids is 1. The highest BCUT2D eigenvalue weighted by molar-refractivity contribution is 8.00. The molecule has 3 aromatic carbocycles. The minimum absolute atomic E-state index is 0.323. The summed E-state index contributed by atoms with van der Waals surface area (Å²) in [4.78, 5) is 9.52. The third-order valence-corrected chi connectivity index (χ3v) is 9.98. The predicted octanol–water partition coefficient (Wildman–Crippen LogP) is 5.27. The van der Waals surface area contributed by atoms with Crippen molar-refractivity contribution >= 4 is 43.0 Å². The largest absolute Gasteiger partial charge is 0.502 e. The predicted molar refractivity (Wildman–Crippen MR) is 134 cm³/mol. The zero-order valence-electron chi connectivity index (χ0n) is 19.6. The van der Waals surface area contributed by atoms with E-state index in [0.717, 1.165) is 36.0 Å². The molecule has 3 aromatic rings. The first kappa shape index (κ1) is 28.5. The molecule has 1 unspecified atom stereocenters. The number of amides is 1. The van der Waals surface area contributed by atoms with Crippen LogP contribution in [0.4, 0.5) is 18.9 Å². The van der Waals surface area contributed by atoms with Gasteiger partial charge in [-0.3, -0.25) is 4.79 Å². The summed E-state index contributed by atoms with van der Waals surface area (Å²) >= 11 is 0.741. The maximum absolute atomic E-state index is 13.9. The van der Waals surface area contributed by atoms with E-state index < -0.39 is 57.5 Å². The highest BCUT2D eigenvalue weighted by Crippen LogP contribution is 2.46. The Bertz CT molecular complexity index is 1520. The number of halogens is 3. The van der Waals surface area contributed by atoms with E-state index >= 15 is 0 Å². The van der Waals surface area contributed by atoms with E-state index in [4.69, 9.17) is 5.73 Å². The van der Waals surface area contributed by atoms with Crippen LogP contribution in [0.2, 0.25) is 0 Å². The second-order valence-corrected chi connectivity index (χ2v) is 12.8. The van der Waals surface area contributed by atoms with E-state index in [-0.39, 0.29) is 10.5 Å². The van der Waals surface area contributed by atoms with Crippen LogP contribution in [0.5, 0.6) is 0 Å². The summed E-state index contributed by atoms with van der Waals surface area (Å²) in [5.41, 5.74) is -1.51. The number of nitrogens with two attached hydrogens (primary N) is 1. The molecule has 0 fully saturated rings. The van der Waals surface area contributed by atoms with Crippen LogP contribution in [-0.4, -0.2) is 34.3 Å². The molecule has 1 amide bonds. The molecule has 0 heterocycles. The molecule has 3 N–H and O–H groups in total. The van der Waals surface area contributed by atoms with Crippen molar-refractivity contribution in [3.8, 4) is 0 Å². The number of nitrogens with one attached hydrogen (secondary N) is 1. The summed E-state index contributed by atoms with van der Waals surface area (Å²) in [6.07, 6.45) is 0.332. The minimum atomic E-state index is -6.04. The van der Waals surface area contributed by atoms with Crippen LogP contribution in [0, 0.1) is 0 Å². The van der Waals surface area contributed by atoms with Crippen LogP contribution in [0.1, 0.15) is 30.6 Å². The van der Waals surface area contributed by atoms with Crippen molar-refractivity contribution in [1.82, 2.24) is 0 Å². The fourth-order valence-electron chi connectivity index (χ4n) is 3.36. The summed E-state index contributed by atoms with van der Waals surface area (Å²) in [6.45, 7) is 3.25. The van der Waals surface area contributed by atoms with Crippen LogP contribution < -0.4 is 11.1 Å². The summed E-state index contributed by atoms with van der Waals surface area (Å²) in [7, 11) is -10.8. The van der Waals surface area contributed by atoms with Gasteiger partial charge in [0.05, 0.1) is 21.0 Å². The normalized spacial score (nSPS) is 13.2. The smallest absolute Gasteiger partial charge is 0.380 e. The second-order valence-electron chi connectivity index (χ2n) is 7.95. The highest BCUT2D eigenvalue weighted by atomic mass is 32.2. The van der Waals surface area contributed by atoms with E-state index in [2.05, 4.69) is 5.32 Å². The number of primary amides is 1. The van der Waals surface area contributed by atoms with Gasteiger partial charge < -0.3 is 11.1 Å². The molecule has 3 rings (SSSR count). The zero-order valence-corrected chi connectivity index (χ0v) is 22.1. The van der Waals surface area contributed by atoms with Crippen molar-refractivity contribution in [3.05, 3.63) is 72.3 Å². The molecule has 0 saturated heterocycles. The Kier molecular flexibility index (Phi) is 8.30. The molecule has 0 aliphatic heterocycles. The Hall–Kier alpha value is -3.03. The molecule has 0 aliphatic rings. The molecular weight excluding hydrogens is 549 g/mol. The lowest BCUT2D eigenvalue weighted by Gasteiger charge is -2.23. The molecular formula is C24H23F3N2O5S3. The van der Waals surface area contributed by atoms with Gasteiger partial charge in [0.2, 0.25) is 15.7 Å². The lowest BCUT2D eigenvalue weighted by molar-refractivity contribution is -0.0437. The maximum Gasteiger partial charge on any atom is 0.502 e. The Balaban J connectivity index is 2.45. The minimum Gasteiger partial charge on any atom is -0.380 e. The van der Waals surface area contributed by atoms with E-state index in [1.54, 1.807) is 44.2 Å².